The topological polar surface area (TPSA) is 97.2 Å². The van der Waals surface area contributed by atoms with Crippen molar-refractivity contribution in [3.63, 3.8) is 0 Å². The SMILES string of the molecule is O=C1NC(=Nc2cccc(C(=O)O)c2)SC1=Cc1ccc2c(c1)OCO2. The number of amides is 1. The van der Waals surface area contributed by atoms with Crippen molar-refractivity contribution in [2.24, 2.45) is 4.99 Å². The number of benzene rings is 2. The maximum Gasteiger partial charge on any atom is 0.335 e. The molecule has 0 unspecified atom stereocenters. The highest BCUT2D eigenvalue weighted by Gasteiger charge is 2.24. The summed E-state index contributed by atoms with van der Waals surface area (Å²) in [5.41, 5.74) is 1.40. The Labute approximate surface area is 152 Å². The lowest BCUT2D eigenvalue weighted by molar-refractivity contribution is -0.115. The third-order valence-corrected chi connectivity index (χ3v) is 4.58. The number of ether oxygens (including phenoxy) is 2. The highest BCUT2D eigenvalue weighted by Crippen LogP contribution is 2.34. The van der Waals surface area contributed by atoms with Crippen LogP contribution in [0.1, 0.15) is 15.9 Å². The number of nitrogens with zero attached hydrogens (tertiary/aromatic N) is 1. The van der Waals surface area contributed by atoms with Gasteiger partial charge in [0, 0.05) is 0 Å². The van der Waals surface area contributed by atoms with Crippen LogP contribution in [0.25, 0.3) is 6.08 Å². The summed E-state index contributed by atoms with van der Waals surface area (Å²) in [5.74, 6) is 0.0257. The van der Waals surface area contributed by atoms with Crippen molar-refractivity contribution >= 4 is 40.6 Å². The van der Waals surface area contributed by atoms with Crippen LogP contribution in [0.2, 0.25) is 0 Å². The zero-order chi connectivity index (χ0) is 18.1. The third-order valence-electron chi connectivity index (χ3n) is 3.67. The van der Waals surface area contributed by atoms with E-state index in [0.717, 1.165) is 5.56 Å². The van der Waals surface area contributed by atoms with Crippen molar-refractivity contribution in [1.29, 1.82) is 0 Å². The van der Waals surface area contributed by atoms with Crippen LogP contribution in [0.3, 0.4) is 0 Å². The number of aliphatic imine (C=N–C) groups is 1. The molecule has 4 rings (SSSR count). The molecule has 1 saturated heterocycles. The minimum Gasteiger partial charge on any atom is -0.478 e. The van der Waals surface area contributed by atoms with Gasteiger partial charge >= 0.3 is 5.97 Å². The Kier molecular flexibility index (Phi) is 4.10. The minimum absolute atomic E-state index is 0.136. The van der Waals surface area contributed by atoms with Crippen molar-refractivity contribution in [2.45, 2.75) is 0 Å². The van der Waals surface area contributed by atoms with Gasteiger partial charge in [-0.1, -0.05) is 12.1 Å². The molecular weight excluding hydrogens is 356 g/mol. The lowest BCUT2D eigenvalue weighted by atomic mass is 10.2. The second-order valence-electron chi connectivity index (χ2n) is 5.45. The molecule has 0 spiro atoms. The number of hydrogen-bond acceptors (Lipinski definition) is 6. The number of carboxylic acid groups (broad SMARTS) is 1. The van der Waals surface area contributed by atoms with Crippen molar-refractivity contribution in [1.82, 2.24) is 5.32 Å². The summed E-state index contributed by atoms with van der Waals surface area (Å²) < 4.78 is 10.6. The van der Waals surface area contributed by atoms with E-state index in [1.54, 1.807) is 30.3 Å². The first kappa shape index (κ1) is 16.2. The molecule has 2 aromatic carbocycles. The Morgan fingerprint density at radius 2 is 2.04 bits per heavy atom. The fourth-order valence-corrected chi connectivity index (χ4v) is 3.30. The molecule has 2 aliphatic rings. The van der Waals surface area contributed by atoms with E-state index in [4.69, 9.17) is 14.6 Å². The molecule has 7 nitrogen and oxygen atoms in total. The number of rotatable bonds is 3. The summed E-state index contributed by atoms with van der Waals surface area (Å²) in [6, 6.07) is 11.6. The highest BCUT2D eigenvalue weighted by molar-refractivity contribution is 8.18. The summed E-state index contributed by atoms with van der Waals surface area (Å²) in [6.07, 6.45) is 1.73. The molecule has 1 fully saturated rings. The second kappa shape index (κ2) is 6.57. The number of thioether (sulfide) groups is 1. The average molecular weight is 368 g/mol. The van der Waals surface area contributed by atoms with Crippen molar-refractivity contribution < 1.29 is 24.2 Å². The van der Waals surface area contributed by atoms with Crippen molar-refractivity contribution in [2.75, 3.05) is 6.79 Å². The van der Waals surface area contributed by atoms with E-state index in [0.29, 0.717) is 27.3 Å². The monoisotopic (exact) mass is 368 g/mol. The van der Waals surface area contributed by atoms with Gasteiger partial charge in [0.2, 0.25) is 6.79 Å². The maximum atomic E-state index is 12.2. The van der Waals surface area contributed by atoms with Gasteiger partial charge in [-0.25, -0.2) is 9.79 Å². The second-order valence-corrected chi connectivity index (χ2v) is 6.48. The first-order valence-corrected chi connectivity index (χ1v) is 8.43. The number of fused-ring (bicyclic) bond motifs is 1. The van der Waals surface area contributed by atoms with Crippen molar-refractivity contribution in [3.05, 3.63) is 58.5 Å². The fraction of sp³-hybridized carbons (Fsp3) is 0.0556. The van der Waals surface area contributed by atoms with E-state index in [1.165, 1.54) is 23.9 Å². The van der Waals surface area contributed by atoms with Gasteiger partial charge in [-0.2, -0.15) is 0 Å². The van der Waals surface area contributed by atoms with Gasteiger partial charge in [0.25, 0.3) is 5.91 Å². The molecule has 130 valence electrons. The Bertz CT molecular complexity index is 983. The number of nitrogens with one attached hydrogen (secondary N) is 1. The molecular formula is C18H12N2O5S. The van der Waals surface area contributed by atoms with Gasteiger partial charge in [-0.05, 0) is 53.7 Å². The first-order valence-electron chi connectivity index (χ1n) is 7.61. The van der Waals surface area contributed by atoms with E-state index in [9.17, 15) is 9.59 Å². The van der Waals surface area contributed by atoms with Gasteiger partial charge in [0.1, 0.15) is 0 Å². The Morgan fingerprint density at radius 1 is 1.19 bits per heavy atom. The van der Waals surface area contributed by atoms with Gasteiger partial charge in [0.15, 0.2) is 16.7 Å². The largest absolute Gasteiger partial charge is 0.478 e. The summed E-state index contributed by atoms with van der Waals surface area (Å²) in [7, 11) is 0. The van der Waals surface area contributed by atoms with Crippen LogP contribution in [-0.2, 0) is 4.79 Å². The predicted molar refractivity (Wildman–Crippen MR) is 96.8 cm³/mol. The molecule has 0 saturated carbocycles. The normalized spacial score (nSPS) is 18.4. The van der Waals surface area contributed by atoms with Gasteiger partial charge in [-0.3, -0.25) is 4.79 Å². The van der Waals surface area contributed by atoms with Crippen LogP contribution < -0.4 is 14.8 Å². The zero-order valence-corrected chi connectivity index (χ0v) is 14.1. The quantitative estimate of drug-likeness (QED) is 0.809. The molecule has 2 N–H and O–H groups in total. The van der Waals surface area contributed by atoms with Gasteiger partial charge in [-0.15, -0.1) is 0 Å². The summed E-state index contributed by atoms with van der Waals surface area (Å²) >= 11 is 1.19. The predicted octanol–water partition coefficient (Wildman–Crippen LogP) is 3.01. The molecule has 0 atom stereocenters. The minimum atomic E-state index is -1.03. The van der Waals surface area contributed by atoms with Crippen LogP contribution >= 0.6 is 11.8 Å². The number of amidine groups is 1. The lowest BCUT2D eigenvalue weighted by Crippen LogP contribution is -2.19. The maximum absolute atomic E-state index is 12.2. The van der Waals surface area contributed by atoms with Crippen LogP contribution in [0.4, 0.5) is 5.69 Å². The number of carbonyl (C=O) groups excluding carboxylic acids is 1. The molecule has 8 heteroatoms. The summed E-state index contributed by atoms with van der Waals surface area (Å²) in [5, 5.41) is 12.1. The van der Waals surface area contributed by atoms with Gasteiger partial charge < -0.3 is 19.9 Å². The average Bonchev–Trinajstić information content (AvgIpc) is 3.21. The van der Waals surface area contributed by atoms with Crippen LogP contribution in [0, 0.1) is 0 Å². The number of hydrogen-bond donors (Lipinski definition) is 2. The third kappa shape index (κ3) is 3.27. The van der Waals surface area contributed by atoms with E-state index < -0.39 is 5.97 Å². The van der Waals surface area contributed by atoms with E-state index >= 15 is 0 Å². The Balaban J connectivity index is 1.57. The van der Waals surface area contributed by atoms with Crippen molar-refractivity contribution in [3.8, 4) is 11.5 Å². The number of carbonyl (C=O) groups is 2. The number of aromatic carboxylic acids is 1. The summed E-state index contributed by atoms with van der Waals surface area (Å²) in [4.78, 5) is 28.0. The molecule has 0 aliphatic carbocycles. The molecule has 1 amide bonds. The molecule has 2 aromatic rings. The molecule has 0 bridgehead atoms. The fourth-order valence-electron chi connectivity index (χ4n) is 2.46. The van der Waals surface area contributed by atoms with Crippen LogP contribution in [-0.4, -0.2) is 28.9 Å². The smallest absolute Gasteiger partial charge is 0.335 e. The summed E-state index contributed by atoms with van der Waals surface area (Å²) in [6.45, 7) is 0.191. The van der Waals surface area contributed by atoms with Gasteiger partial charge in [0.05, 0.1) is 16.2 Å². The molecule has 26 heavy (non-hydrogen) atoms. The highest BCUT2D eigenvalue weighted by atomic mass is 32.2. The Morgan fingerprint density at radius 3 is 2.88 bits per heavy atom. The first-order chi connectivity index (χ1) is 12.6. The van der Waals surface area contributed by atoms with Crippen LogP contribution in [0.5, 0.6) is 11.5 Å². The van der Waals surface area contributed by atoms with Crippen LogP contribution in [0.15, 0.2) is 52.4 Å². The zero-order valence-electron chi connectivity index (χ0n) is 13.3. The molecule has 0 aromatic heterocycles. The van der Waals surface area contributed by atoms with E-state index in [-0.39, 0.29) is 18.3 Å². The molecule has 2 heterocycles. The molecule has 2 aliphatic heterocycles. The van der Waals surface area contributed by atoms with E-state index in [2.05, 4.69) is 10.3 Å². The Hall–Kier alpha value is -3.26. The number of carboxylic acids is 1. The standard InChI is InChI=1S/C18H12N2O5S/c21-16-15(7-10-4-5-13-14(6-10)25-9-24-13)26-18(20-16)19-12-3-1-2-11(8-12)17(22)23/h1-8H,9H2,(H,22,23)(H,19,20,21). The lowest BCUT2D eigenvalue weighted by Gasteiger charge is -1.99. The molecule has 0 radical (unpaired) electrons. The van der Waals surface area contributed by atoms with E-state index in [1.807, 2.05) is 6.07 Å².